The SMILES string of the molecule is C[C@]12CCC(=O)C=C1CC[C@@H]1[C@@H]2[C@@H](O)C[C@@]2(C)[C@H]1CC[C@]2(O)C(=O)COP(=O)(OCC(=O)[C@@]1(O)CC[C@H]2[C@@H]3CCC4=CC(=O)CC[C@]4(C)[C@H]3[C@@H](O)C[C@@]21C)OCC(=O)[C@@]1(O)CC[C@H]2[C@@H]3CCC4=CC(=O)CC[C@]4(C)[C@H]3[C@@H](O)C[C@@]21C. The Bertz CT molecular complexity index is 2540. The van der Waals surface area contributed by atoms with Crippen molar-refractivity contribution in [2.45, 2.75) is 211 Å². The molecule has 0 aromatic heterocycles. The third kappa shape index (κ3) is 7.93. The Labute approximate surface area is 470 Å². The van der Waals surface area contributed by atoms with Crippen LogP contribution in [-0.4, -0.2) is 120 Å². The topological polar surface area (TPSA) is 269 Å². The van der Waals surface area contributed by atoms with E-state index in [1.54, 1.807) is 18.2 Å². The highest BCUT2D eigenvalue weighted by molar-refractivity contribution is 7.48. The highest BCUT2D eigenvalue weighted by Gasteiger charge is 2.72. The van der Waals surface area contributed by atoms with Crippen molar-refractivity contribution in [1.29, 1.82) is 0 Å². The van der Waals surface area contributed by atoms with Crippen molar-refractivity contribution in [2.24, 2.45) is 85.8 Å². The van der Waals surface area contributed by atoms with Gasteiger partial charge >= 0.3 is 7.82 Å². The molecular formula is C63H87O16P. The first kappa shape index (κ1) is 57.5. The summed E-state index contributed by atoms with van der Waals surface area (Å²) in [7, 11) is -5.21. The van der Waals surface area contributed by atoms with Crippen LogP contribution in [0.15, 0.2) is 34.9 Å². The number of rotatable bonds is 12. The van der Waals surface area contributed by atoms with Crippen LogP contribution >= 0.6 is 7.82 Å². The van der Waals surface area contributed by atoms with Crippen molar-refractivity contribution >= 4 is 42.5 Å². The number of hydrogen-bond acceptors (Lipinski definition) is 16. The van der Waals surface area contributed by atoms with E-state index in [2.05, 4.69) is 20.8 Å². The maximum absolute atomic E-state index is 15.3. The van der Waals surface area contributed by atoms with Gasteiger partial charge in [0.05, 0.1) is 18.3 Å². The van der Waals surface area contributed by atoms with Crippen molar-refractivity contribution in [3.63, 3.8) is 0 Å². The average molecular weight is 1130 g/mol. The molecule has 16 nitrogen and oxygen atoms in total. The van der Waals surface area contributed by atoms with E-state index in [1.807, 2.05) is 20.8 Å². The maximum Gasteiger partial charge on any atom is 0.476 e. The van der Waals surface area contributed by atoms with E-state index in [9.17, 15) is 59.4 Å². The fourth-order valence-corrected chi connectivity index (χ4v) is 23.4. The summed E-state index contributed by atoms with van der Waals surface area (Å²) in [6.45, 7) is 8.69. The van der Waals surface area contributed by atoms with Gasteiger partial charge in [-0.2, -0.15) is 0 Å². The van der Waals surface area contributed by atoms with Crippen LogP contribution in [0.25, 0.3) is 0 Å². The molecule has 12 aliphatic rings. The summed E-state index contributed by atoms with van der Waals surface area (Å²) in [6.07, 6.45) is 11.3. The molecule has 0 aromatic carbocycles. The van der Waals surface area contributed by atoms with Crippen LogP contribution in [0.4, 0.5) is 0 Å². The molecule has 0 saturated heterocycles. The van der Waals surface area contributed by atoms with Gasteiger partial charge in [0.2, 0.25) is 0 Å². The van der Waals surface area contributed by atoms with Crippen LogP contribution in [0.2, 0.25) is 0 Å². The van der Waals surface area contributed by atoms with E-state index in [1.165, 1.54) is 0 Å². The van der Waals surface area contributed by atoms with E-state index in [4.69, 9.17) is 13.6 Å². The lowest BCUT2D eigenvalue weighted by atomic mass is 9.45. The summed E-state index contributed by atoms with van der Waals surface area (Å²) in [5.74, 6) is -3.58. The van der Waals surface area contributed by atoms with Crippen molar-refractivity contribution in [3.05, 3.63) is 34.9 Å². The summed E-state index contributed by atoms with van der Waals surface area (Å²) in [5.41, 5.74) is -7.70. The normalized spacial score (nSPS) is 50.2. The summed E-state index contributed by atoms with van der Waals surface area (Å²) in [4.78, 5) is 81.9. The molecule has 0 amide bonds. The van der Waals surface area contributed by atoms with Gasteiger partial charge in [0.25, 0.3) is 0 Å². The molecule has 21 atom stereocenters. The molecule has 0 bridgehead atoms. The highest BCUT2D eigenvalue weighted by atomic mass is 31.2. The van der Waals surface area contributed by atoms with Gasteiger partial charge < -0.3 is 30.6 Å². The predicted octanol–water partition coefficient (Wildman–Crippen LogP) is 7.55. The first-order chi connectivity index (χ1) is 37.5. The molecule has 0 radical (unpaired) electrons. The Balaban J connectivity index is 0.790. The fourth-order valence-electron chi connectivity index (χ4n) is 22.3. The minimum absolute atomic E-state index is 0.0257. The minimum atomic E-state index is -5.21. The Hall–Kier alpha value is -2.89. The lowest BCUT2D eigenvalue weighted by Gasteiger charge is -2.60. The molecule has 80 heavy (non-hydrogen) atoms. The van der Waals surface area contributed by atoms with E-state index < -0.39 is 113 Å². The van der Waals surface area contributed by atoms with Crippen LogP contribution in [0.5, 0.6) is 0 Å². The first-order valence-electron chi connectivity index (χ1n) is 30.5. The molecule has 9 fully saturated rings. The van der Waals surface area contributed by atoms with Crippen LogP contribution in [-0.2, 0) is 46.9 Å². The first-order valence-corrected chi connectivity index (χ1v) is 32.0. The standard InChI is InChI=1S/C63H87O16P/c1-55-19-13-37(64)25-34(55)7-10-40-43-16-22-61(73,58(43,4)28-46(67)52(40)55)49(70)31-77-80(76,78-32-50(71)62(74)23-17-44-41-11-8-35-26-38(65)14-20-56(35,2)53(41)47(68)29-59(44,62)5)79-33-51(72)63(75)24-18-45-42-12-9-36-27-39(66)15-21-57(36,3)54(42)48(69)30-60(45,63)6/h25-27,40-48,52-54,67-69,73-75H,7-24,28-33H2,1-6H3/t40-,41-,42-,43-,44-,45-,46-,47-,48-,52+,53+,54+,55-,56-,57-,58-,59-,60-,61-,62-,63-/m0/s1. The van der Waals surface area contributed by atoms with Crippen molar-refractivity contribution in [2.75, 3.05) is 19.8 Å². The van der Waals surface area contributed by atoms with Gasteiger partial charge in [-0.3, -0.25) is 42.3 Å². The number of carbonyl (C=O) groups excluding carboxylic acids is 6. The zero-order valence-corrected chi connectivity index (χ0v) is 48.7. The number of ketones is 6. The van der Waals surface area contributed by atoms with Crippen LogP contribution < -0.4 is 0 Å². The second-order valence-corrected chi connectivity index (χ2v) is 31.1. The molecule has 9 saturated carbocycles. The van der Waals surface area contributed by atoms with Gasteiger partial charge in [-0.05, 0) is 203 Å². The lowest BCUT2D eigenvalue weighted by molar-refractivity contribution is -0.183. The molecule has 6 N–H and O–H groups in total. The third-order valence-electron chi connectivity index (χ3n) is 26.6. The highest BCUT2D eigenvalue weighted by Crippen LogP contribution is 2.72. The average Bonchev–Trinajstić information content (AvgIpc) is 3.32. The second kappa shape index (κ2) is 19.1. The van der Waals surface area contributed by atoms with E-state index >= 15 is 4.57 Å². The number of fused-ring (bicyclic) bond motifs is 15. The van der Waals surface area contributed by atoms with Crippen LogP contribution in [0, 0.1) is 85.8 Å². The molecule has 0 heterocycles. The van der Waals surface area contributed by atoms with E-state index in [0.717, 1.165) is 16.7 Å². The summed E-state index contributed by atoms with van der Waals surface area (Å²) in [5, 5.41) is 74.3. The summed E-state index contributed by atoms with van der Waals surface area (Å²) >= 11 is 0. The van der Waals surface area contributed by atoms with Gasteiger partial charge in [0, 0.05) is 35.5 Å². The number of aliphatic hydroxyl groups is 6. The number of hydrogen-bond donors (Lipinski definition) is 6. The molecule has 0 unspecified atom stereocenters. The van der Waals surface area contributed by atoms with Crippen LogP contribution in [0.3, 0.4) is 0 Å². The smallest absolute Gasteiger partial charge is 0.393 e. The van der Waals surface area contributed by atoms with E-state index in [0.29, 0.717) is 96.3 Å². The van der Waals surface area contributed by atoms with Gasteiger partial charge in [0.15, 0.2) is 34.7 Å². The maximum atomic E-state index is 15.3. The number of carbonyl (C=O) groups is 6. The van der Waals surface area contributed by atoms with Crippen LogP contribution in [0.1, 0.15) is 176 Å². The van der Waals surface area contributed by atoms with Gasteiger partial charge in [-0.15, -0.1) is 0 Å². The third-order valence-corrected chi connectivity index (χ3v) is 27.9. The quantitative estimate of drug-likeness (QED) is 0.103. The molecule has 0 aromatic rings. The van der Waals surface area contributed by atoms with Crippen molar-refractivity contribution < 1.29 is 77.5 Å². The summed E-state index contributed by atoms with van der Waals surface area (Å²) < 4.78 is 33.0. The molecule has 12 rings (SSSR count). The minimum Gasteiger partial charge on any atom is -0.393 e. The Morgan fingerprint density at radius 1 is 0.450 bits per heavy atom. The number of phosphoric acid groups is 1. The Morgan fingerprint density at radius 2 is 0.713 bits per heavy atom. The van der Waals surface area contributed by atoms with Gasteiger partial charge in [0.1, 0.15) is 36.6 Å². The summed E-state index contributed by atoms with van der Waals surface area (Å²) in [6, 6.07) is 0. The fraction of sp³-hybridized carbons (Fsp3) is 0.810. The second-order valence-electron chi connectivity index (χ2n) is 29.5. The zero-order chi connectivity index (χ0) is 57.3. The zero-order valence-electron chi connectivity index (χ0n) is 47.8. The molecule has 12 aliphatic carbocycles. The van der Waals surface area contributed by atoms with Gasteiger partial charge in [-0.1, -0.05) is 58.3 Å². The molecule has 17 heteroatoms. The largest absolute Gasteiger partial charge is 0.476 e. The monoisotopic (exact) mass is 1130 g/mol. The van der Waals surface area contributed by atoms with Crippen molar-refractivity contribution in [1.82, 2.24) is 0 Å². The van der Waals surface area contributed by atoms with Gasteiger partial charge in [-0.25, -0.2) is 4.57 Å². The number of aliphatic hydroxyl groups excluding tert-OH is 3. The predicted molar refractivity (Wildman–Crippen MR) is 290 cm³/mol. The Morgan fingerprint density at radius 3 is 0.975 bits per heavy atom. The molecule has 440 valence electrons. The number of phosphoric ester groups is 1. The lowest BCUT2D eigenvalue weighted by Crippen LogP contribution is -2.62. The molecule has 0 spiro atoms. The molecular weight excluding hydrogens is 1040 g/mol. The van der Waals surface area contributed by atoms with Crippen molar-refractivity contribution in [3.8, 4) is 0 Å². The van der Waals surface area contributed by atoms with E-state index in [-0.39, 0.29) is 109 Å². The number of allylic oxidation sites excluding steroid dienone is 3. The number of Topliss-reactive ketones (excluding diaryl/α,β-unsaturated/α-hetero) is 3. The molecule has 0 aliphatic heterocycles. The Kier molecular flexibility index (Phi) is 13.7.